The number of ether oxygens (including phenoxy) is 1. The van der Waals surface area contributed by atoms with Gasteiger partial charge in [-0.1, -0.05) is 5.21 Å². The third-order valence-electron chi connectivity index (χ3n) is 2.56. The molecule has 0 saturated carbocycles. The van der Waals surface area contributed by atoms with Crippen LogP contribution < -0.4 is 11.3 Å². The first-order chi connectivity index (χ1) is 7.00. The van der Waals surface area contributed by atoms with Crippen LogP contribution in [0.25, 0.3) is 0 Å². The fourth-order valence-corrected chi connectivity index (χ4v) is 1.44. The maximum absolute atomic E-state index is 5.52. The molecule has 0 amide bonds. The third kappa shape index (κ3) is 2.98. The molecule has 0 fully saturated rings. The molecular weight excluding hydrogens is 194 g/mol. The van der Waals surface area contributed by atoms with E-state index in [2.05, 4.69) is 15.7 Å². The van der Waals surface area contributed by atoms with Gasteiger partial charge in [-0.2, -0.15) is 0 Å². The number of rotatable bonds is 5. The highest BCUT2D eigenvalue weighted by Gasteiger charge is 2.25. The van der Waals surface area contributed by atoms with Crippen LogP contribution in [0.5, 0.6) is 0 Å². The molecule has 6 nitrogen and oxygen atoms in total. The van der Waals surface area contributed by atoms with Gasteiger partial charge in [-0.05, 0) is 20.3 Å². The second-order valence-electron chi connectivity index (χ2n) is 4.17. The molecule has 6 heteroatoms. The number of nitrogens with zero attached hydrogens (tertiary/aromatic N) is 3. The van der Waals surface area contributed by atoms with Gasteiger partial charge < -0.3 is 4.74 Å². The molecular formula is C9H19N5O. The van der Waals surface area contributed by atoms with Crippen molar-refractivity contribution in [2.45, 2.75) is 31.9 Å². The van der Waals surface area contributed by atoms with Gasteiger partial charge in [0.25, 0.3) is 0 Å². The van der Waals surface area contributed by atoms with Gasteiger partial charge in [0.1, 0.15) is 0 Å². The van der Waals surface area contributed by atoms with E-state index in [1.165, 1.54) is 0 Å². The highest BCUT2D eigenvalue weighted by atomic mass is 16.5. The maximum atomic E-state index is 5.52. The first-order valence-electron chi connectivity index (χ1n) is 4.86. The van der Waals surface area contributed by atoms with Crippen LogP contribution in [0, 0.1) is 0 Å². The SMILES string of the molecule is COC(C)(C)CC(NN)c1cnnn1C. The lowest BCUT2D eigenvalue weighted by Crippen LogP contribution is -2.36. The predicted molar refractivity (Wildman–Crippen MR) is 56.8 cm³/mol. The zero-order valence-corrected chi connectivity index (χ0v) is 9.69. The molecule has 0 spiro atoms. The first kappa shape index (κ1) is 12.1. The largest absolute Gasteiger partial charge is 0.379 e. The molecule has 0 radical (unpaired) electrons. The molecule has 1 atom stereocenters. The van der Waals surface area contributed by atoms with E-state index in [4.69, 9.17) is 10.6 Å². The Morgan fingerprint density at radius 2 is 2.33 bits per heavy atom. The first-order valence-corrected chi connectivity index (χ1v) is 4.86. The predicted octanol–water partition coefficient (Wildman–Crippen LogP) is 0.135. The molecule has 1 unspecified atom stereocenters. The number of aromatic nitrogens is 3. The maximum Gasteiger partial charge on any atom is 0.0767 e. The molecule has 1 aromatic heterocycles. The standard InChI is InChI=1S/C9H19N5O/c1-9(2,15-4)5-7(12-10)8-6-11-13-14(8)3/h6-7,12H,5,10H2,1-4H3. The fourth-order valence-electron chi connectivity index (χ4n) is 1.44. The molecule has 1 heterocycles. The number of hydrazine groups is 1. The van der Waals surface area contributed by atoms with Crippen LogP contribution in [0.3, 0.4) is 0 Å². The van der Waals surface area contributed by atoms with Gasteiger partial charge >= 0.3 is 0 Å². The Labute approximate surface area is 89.8 Å². The smallest absolute Gasteiger partial charge is 0.0767 e. The van der Waals surface area contributed by atoms with Crippen LogP contribution in [0.15, 0.2) is 6.20 Å². The number of aryl methyl sites for hydroxylation is 1. The Morgan fingerprint density at radius 1 is 1.67 bits per heavy atom. The minimum Gasteiger partial charge on any atom is -0.379 e. The summed E-state index contributed by atoms with van der Waals surface area (Å²) in [5.41, 5.74) is 3.47. The highest BCUT2D eigenvalue weighted by Crippen LogP contribution is 2.24. The number of hydrogen-bond donors (Lipinski definition) is 2. The summed E-state index contributed by atoms with van der Waals surface area (Å²) in [4.78, 5) is 0. The Balaban J connectivity index is 2.77. The normalized spacial score (nSPS) is 14.2. The van der Waals surface area contributed by atoms with Crippen molar-refractivity contribution in [2.75, 3.05) is 7.11 Å². The number of nitrogens with one attached hydrogen (secondary N) is 1. The fraction of sp³-hybridized carbons (Fsp3) is 0.778. The molecule has 15 heavy (non-hydrogen) atoms. The summed E-state index contributed by atoms with van der Waals surface area (Å²) in [5.74, 6) is 5.52. The van der Waals surface area contributed by atoms with Crippen LogP contribution >= 0.6 is 0 Å². The molecule has 0 aliphatic rings. The van der Waals surface area contributed by atoms with Crippen molar-refractivity contribution < 1.29 is 4.74 Å². The van der Waals surface area contributed by atoms with Crippen LogP contribution in [0.2, 0.25) is 0 Å². The van der Waals surface area contributed by atoms with E-state index < -0.39 is 0 Å². The van der Waals surface area contributed by atoms with Crippen molar-refractivity contribution in [1.29, 1.82) is 0 Å². The van der Waals surface area contributed by atoms with E-state index in [9.17, 15) is 0 Å². The molecule has 0 bridgehead atoms. The van der Waals surface area contributed by atoms with Crippen molar-refractivity contribution in [3.8, 4) is 0 Å². The zero-order chi connectivity index (χ0) is 11.5. The van der Waals surface area contributed by atoms with E-state index >= 15 is 0 Å². The van der Waals surface area contributed by atoms with Gasteiger partial charge in [-0.25, -0.2) is 0 Å². The van der Waals surface area contributed by atoms with E-state index in [1.807, 2.05) is 20.9 Å². The molecule has 0 saturated heterocycles. The van der Waals surface area contributed by atoms with E-state index in [-0.39, 0.29) is 11.6 Å². The van der Waals surface area contributed by atoms with Gasteiger partial charge in [0, 0.05) is 14.2 Å². The van der Waals surface area contributed by atoms with Gasteiger partial charge in [0.2, 0.25) is 0 Å². The summed E-state index contributed by atoms with van der Waals surface area (Å²) < 4.78 is 7.07. The Kier molecular flexibility index (Phi) is 3.78. The topological polar surface area (TPSA) is 78.0 Å². The van der Waals surface area contributed by atoms with E-state index in [0.717, 1.165) is 12.1 Å². The molecule has 1 rings (SSSR count). The Hall–Kier alpha value is -0.980. The summed E-state index contributed by atoms with van der Waals surface area (Å²) in [6.07, 6.45) is 2.46. The summed E-state index contributed by atoms with van der Waals surface area (Å²) in [7, 11) is 3.53. The minimum atomic E-state index is -0.235. The quantitative estimate of drug-likeness (QED) is 0.537. The number of nitrogens with two attached hydrogens (primary N) is 1. The summed E-state index contributed by atoms with van der Waals surface area (Å²) in [6, 6.07) is -0.0139. The van der Waals surface area contributed by atoms with Crippen molar-refractivity contribution in [3.05, 3.63) is 11.9 Å². The van der Waals surface area contributed by atoms with Crippen molar-refractivity contribution in [2.24, 2.45) is 12.9 Å². The van der Waals surface area contributed by atoms with E-state index in [0.29, 0.717) is 0 Å². The zero-order valence-electron chi connectivity index (χ0n) is 9.69. The summed E-state index contributed by atoms with van der Waals surface area (Å²) in [5, 5.41) is 7.69. The third-order valence-corrected chi connectivity index (χ3v) is 2.56. The summed E-state index contributed by atoms with van der Waals surface area (Å²) >= 11 is 0. The van der Waals surface area contributed by atoms with Gasteiger partial charge in [-0.3, -0.25) is 16.0 Å². The van der Waals surface area contributed by atoms with Crippen molar-refractivity contribution >= 4 is 0 Å². The van der Waals surface area contributed by atoms with Crippen molar-refractivity contribution in [3.63, 3.8) is 0 Å². The average Bonchev–Trinajstić information content (AvgIpc) is 2.61. The Bertz CT molecular complexity index is 309. The summed E-state index contributed by atoms with van der Waals surface area (Å²) in [6.45, 7) is 4.03. The lowest BCUT2D eigenvalue weighted by Gasteiger charge is -2.27. The molecule has 0 aromatic carbocycles. The Morgan fingerprint density at radius 3 is 2.73 bits per heavy atom. The number of methoxy groups -OCH3 is 1. The lowest BCUT2D eigenvalue weighted by molar-refractivity contribution is 0.00617. The van der Waals surface area contributed by atoms with Crippen LogP contribution in [-0.4, -0.2) is 27.7 Å². The number of hydrogen-bond acceptors (Lipinski definition) is 5. The monoisotopic (exact) mass is 213 g/mol. The van der Waals surface area contributed by atoms with Crippen LogP contribution in [-0.2, 0) is 11.8 Å². The molecule has 0 aliphatic carbocycles. The van der Waals surface area contributed by atoms with Gasteiger partial charge in [0.15, 0.2) is 0 Å². The average molecular weight is 213 g/mol. The van der Waals surface area contributed by atoms with E-state index in [1.54, 1.807) is 18.0 Å². The minimum absolute atomic E-state index is 0.0139. The molecule has 86 valence electrons. The van der Waals surface area contributed by atoms with Crippen molar-refractivity contribution in [1.82, 2.24) is 20.4 Å². The van der Waals surface area contributed by atoms with Crippen LogP contribution in [0.1, 0.15) is 32.0 Å². The molecule has 1 aromatic rings. The highest BCUT2D eigenvalue weighted by molar-refractivity contribution is 5.02. The second kappa shape index (κ2) is 4.69. The van der Waals surface area contributed by atoms with Crippen LogP contribution in [0.4, 0.5) is 0 Å². The lowest BCUT2D eigenvalue weighted by atomic mass is 9.97. The van der Waals surface area contributed by atoms with Gasteiger partial charge in [0.05, 0.1) is 23.5 Å². The second-order valence-corrected chi connectivity index (χ2v) is 4.17. The molecule has 0 aliphatic heterocycles. The van der Waals surface area contributed by atoms with Gasteiger partial charge in [-0.15, -0.1) is 5.10 Å². The molecule has 3 N–H and O–H groups in total.